The molecule has 1 N–H and O–H groups in total. The van der Waals surface area contributed by atoms with Crippen LogP contribution in [-0.2, 0) is 24.3 Å². The summed E-state index contributed by atoms with van der Waals surface area (Å²) < 4.78 is 30.4. The average Bonchev–Trinajstić information content (AvgIpc) is 2.55. The lowest BCUT2D eigenvalue weighted by Gasteiger charge is -2.21. The molecule has 0 aliphatic heterocycles. The van der Waals surface area contributed by atoms with Crippen LogP contribution in [0.5, 0.6) is 0 Å². The Balaban J connectivity index is 4.19. The Morgan fingerprint density at radius 2 is 1.65 bits per heavy atom. The smallest absolute Gasteiger partial charge is 0.303 e. The summed E-state index contributed by atoms with van der Waals surface area (Å²) in [6.45, 7) is 3.45. The van der Waals surface area contributed by atoms with Gasteiger partial charge in [0.2, 0.25) is 10.0 Å². The number of carbonyl (C=O) groups excluding carboxylic acids is 1. The summed E-state index contributed by atoms with van der Waals surface area (Å²) in [4.78, 5) is 21.1. The van der Waals surface area contributed by atoms with Crippen molar-refractivity contribution in [3.63, 3.8) is 0 Å². The zero-order chi connectivity index (χ0) is 19.8. The highest BCUT2D eigenvalue weighted by atomic mass is 32.2. The maximum absolute atomic E-state index is 11.9. The van der Waals surface area contributed by atoms with E-state index in [9.17, 15) is 18.0 Å². The first-order valence-electron chi connectivity index (χ1n) is 9.57. The van der Waals surface area contributed by atoms with Crippen LogP contribution in [0.1, 0.15) is 77.6 Å². The molecule has 0 bridgehead atoms. The molecule has 0 aromatic heterocycles. The van der Waals surface area contributed by atoms with Crippen LogP contribution in [-0.4, -0.2) is 55.7 Å². The van der Waals surface area contributed by atoms with Crippen molar-refractivity contribution in [2.45, 2.75) is 83.7 Å². The zero-order valence-electron chi connectivity index (χ0n) is 16.2. The molecule has 0 spiro atoms. The van der Waals surface area contributed by atoms with E-state index < -0.39 is 16.0 Å². The van der Waals surface area contributed by atoms with E-state index in [1.165, 1.54) is 10.6 Å². The average molecular weight is 394 g/mol. The molecule has 0 heterocycles. The van der Waals surface area contributed by atoms with Gasteiger partial charge in [0.05, 0.1) is 6.26 Å². The van der Waals surface area contributed by atoms with Crippen molar-refractivity contribution < 1.29 is 27.9 Å². The maximum atomic E-state index is 11.9. The van der Waals surface area contributed by atoms with Crippen LogP contribution in [0.3, 0.4) is 0 Å². The molecule has 154 valence electrons. The number of carbonyl (C=O) groups is 2. The Bertz CT molecular complexity index is 480. The summed E-state index contributed by atoms with van der Waals surface area (Å²) in [6, 6.07) is 0. The third-order valence-corrected chi connectivity index (χ3v) is 5.63. The second kappa shape index (κ2) is 15.0. The summed E-state index contributed by atoms with van der Waals surface area (Å²) in [6.07, 6.45) is 9.48. The number of aliphatic carboxylic acids is 1. The predicted octanol–water partition coefficient (Wildman–Crippen LogP) is 3.19. The van der Waals surface area contributed by atoms with Crippen LogP contribution in [0.25, 0.3) is 0 Å². The van der Waals surface area contributed by atoms with E-state index in [1.54, 1.807) is 0 Å². The van der Waals surface area contributed by atoms with Gasteiger partial charge in [-0.2, -0.15) is 0 Å². The van der Waals surface area contributed by atoms with Gasteiger partial charge in [0, 0.05) is 19.5 Å². The molecule has 0 radical (unpaired) electrons. The lowest BCUT2D eigenvalue weighted by Crippen LogP contribution is -2.32. The first-order chi connectivity index (χ1) is 12.3. The van der Waals surface area contributed by atoms with Crippen molar-refractivity contribution in [1.29, 1.82) is 0 Å². The maximum Gasteiger partial charge on any atom is 0.303 e. The molecule has 0 saturated heterocycles. The number of sulfonamides is 1. The van der Waals surface area contributed by atoms with Crippen molar-refractivity contribution >= 4 is 22.5 Å². The lowest BCUT2D eigenvalue weighted by molar-refractivity contribution is -0.137. The largest absolute Gasteiger partial charge is 0.481 e. The fourth-order valence-corrected chi connectivity index (χ4v) is 3.76. The lowest BCUT2D eigenvalue weighted by atomic mass is 10.1. The quantitative estimate of drug-likeness (QED) is 0.283. The highest BCUT2D eigenvalue weighted by Gasteiger charge is 2.17. The summed E-state index contributed by atoms with van der Waals surface area (Å²) in [5.41, 5.74) is 0. The first kappa shape index (κ1) is 24.8. The predicted molar refractivity (Wildman–Crippen MR) is 101 cm³/mol. The summed E-state index contributed by atoms with van der Waals surface area (Å²) in [5.74, 6) is -0.797. The van der Waals surface area contributed by atoms with E-state index in [1.807, 2.05) is 0 Å². The van der Waals surface area contributed by atoms with E-state index in [4.69, 9.17) is 9.84 Å². The number of nitrogens with zero attached hydrogens (tertiary/aromatic N) is 1. The Morgan fingerprint density at radius 3 is 2.23 bits per heavy atom. The third kappa shape index (κ3) is 14.1. The number of ether oxygens (including phenoxy) is 1. The number of hydrogen-bond donors (Lipinski definition) is 1. The minimum Gasteiger partial charge on any atom is -0.481 e. The molecule has 1 unspecified atom stereocenters. The summed E-state index contributed by atoms with van der Waals surface area (Å²) in [5, 5.41) is 8.59. The van der Waals surface area contributed by atoms with E-state index in [0.29, 0.717) is 38.8 Å². The van der Waals surface area contributed by atoms with E-state index in [-0.39, 0.29) is 12.5 Å². The molecule has 26 heavy (non-hydrogen) atoms. The van der Waals surface area contributed by atoms with Crippen LogP contribution >= 0.6 is 0 Å². The highest BCUT2D eigenvalue weighted by Crippen LogP contribution is 2.14. The van der Waals surface area contributed by atoms with Crippen molar-refractivity contribution in [2.75, 3.05) is 19.3 Å². The number of rotatable bonds is 18. The van der Waals surface area contributed by atoms with Gasteiger partial charge in [-0.25, -0.2) is 12.7 Å². The topological polar surface area (TPSA) is 101 Å². The molecule has 0 fully saturated rings. The molecule has 0 aromatic carbocycles. The van der Waals surface area contributed by atoms with E-state index in [2.05, 4.69) is 6.92 Å². The highest BCUT2D eigenvalue weighted by molar-refractivity contribution is 7.88. The van der Waals surface area contributed by atoms with Gasteiger partial charge < -0.3 is 9.84 Å². The molecule has 0 aliphatic carbocycles. The number of hydrogen-bond acceptors (Lipinski definition) is 5. The van der Waals surface area contributed by atoms with Gasteiger partial charge in [-0.15, -0.1) is 0 Å². The minimum atomic E-state index is -3.27. The Hall–Kier alpha value is -1.15. The Morgan fingerprint density at radius 1 is 1.04 bits per heavy atom. The molecule has 0 aromatic rings. The second-order valence-electron chi connectivity index (χ2n) is 6.71. The molecule has 7 nitrogen and oxygen atoms in total. The van der Waals surface area contributed by atoms with Crippen LogP contribution < -0.4 is 0 Å². The van der Waals surface area contributed by atoms with Gasteiger partial charge in [-0.3, -0.25) is 9.59 Å². The van der Waals surface area contributed by atoms with Crippen molar-refractivity contribution in [3.8, 4) is 0 Å². The van der Waals surface area contributed by atoms with Gasteiger partial charge in [0.15, 0.2) is 0 Å². The fraction of sp³-hybridized carbons (Fsp3) is 0.889. The van der Waals surface area contributed by atoms with E-state index >= 15 is 0 Å². The van der Waals surface area contributed by atoms with Crippen LogP contribution in [0.4, 0.5) is 0 Å². The van der Waals surface area contributed by atoms with Gasteiger partial charge in [-0.1, -0.05) is 32.6 Å². The van der Waals surface area contributed by atoms with E-state index in [0.717, 1.165) is 44.9 Å². The monoisotopic (exact) mass is 393 g/mol. The molecular weight excluding hydrogens is 358 g/mol. The molecular formula is C18H35NO6S. The number of carboxylic acid groups (broad SMARTS) is 1. The standard InChI is InChI=1S/C18H35NO6S/c1-3-4-7-11-17(25-16-20)12-10-15-19(26(2,23)24)14-9-6-5-8-13-18(21)22/h16-17H,3-15H2,1-2H3,(H,21,22). The van der Waals surface area contributed by atoms with Gasteiger partial charge in [0.1, 0.15) is 6.10 Å². The van der Waals surface area contributed by atoms with Crippen molar-refractivity contribution in [1.82, 2.24) is 4.31 Å². The normalized spacial score (nSPS) is 12.9. The van der Waals surface area contributed by atoms with Crippen LogP contribution in [0.15, 0.2) is 0 Å². The third-order valence-electron chi connectivity index (χ3n) is 4.33. The summed E-state index contributed by atoms with van der Waals surface area (Å²) in [7, 11) is -3.27. The Labute approximate surface area is 158 Å². The van der Waals surface area contributed by atoms with Crippen molar-refractivity contribution in [2.24, 2.45) is 0 Å². The first-order valence-corrected chi connectivity index (χ1v) is 11.4. The van der Waals surface area contributed by atoms with Gasteiger partial charge in [-0.05, 0) is 38.5 Å². The van der Waals surface area contributed by atoms with Crippen LogP contribution in [0, 0.1) is 0 Å². The minimum absolute atomic E-state index is 0.142. The molecule has 0 aliphatic rings. The number of carboxylic acids is 1. The van der Waals surface area contributed by atoms with Crippen molar-refractivity contribution in [3.05, 3.63) is 0 Å². The zero-order valence-corrected chi connectivity index (χ0v) is 17.0. The van der Waals surface area contributed by atoms with Gasteiger partial charge in [0.25, 0.3) is 6.47 Å². The molecule has 0 amide bonds. The second-order valence-corrected chi connectivity index (χ2v) is 8.69. The SMILES string of the molecule is CCCCCC(CCCN(CCCCCCC(=O)O)S(C)(=O)=O)OC=O. The molecule has 0 saturated carbocycles. The molecule has 1 atom stereocenters. The summed E-state index contributed by atoms with van der Waals surface area (Å²) >= 11 is 0. The fourth-order valence-electron chi connectivity index (χ4n) is 2.84. The Kier molecular flexibility index (Phi) is 14.3. The molecule has 0 rings (SSSR count). The van der Waals surface area contributed by atoms with Crippen LogP contribution in [0.2, 0.25) is 0 Å². The van der Waals surface area contributed by atoms with Gasteiger partial charge >= 0.3 is 5.97 Å². The molecule has 8 heteroatoms. The number of unbranched alkanes of at least 4 members (excludes halogenated alkanes) is 5.